The Bertz CT molecular complexity index is 1060. The summed E-state index contributed by atoms with van der Waals surface area (Å²) in [7, 11) is -4.34. The summed E-state index contributed by atoms with van der Waals surface area (Å²) in [4.78, 5) is 22.2. The van der Waals surface area contributed by atoms with Gasteiger partial charge in [0.15, 0.2) is 17.7 Å². The number of fused-ring (bicyclic) bond motifs is 1. The lowest BCUT2D eigenvalue weighted by Crippen LogP contribution is -2.33. The van der Waals surface area contributed by atoms with Crippen LogP contribution in [0, 0.1) is 0 Å². The van der Waals surface area contributed by atoms with E-state index in [1.54, 1.807) is 0 Å². The zero-order chi connectivity index (χ0) is 29.5. The van der Waals surface area contributed by atoms with Gasteiger partial charge in [0.1, 0.15) is 30.2 Å². The van der Waals surface area contributed by atoms with Gasteiger partial charge in [-0.2, -0.15) is 0 Å². The standard InChI is InChI=1S/C28H50N5O7P/c1-2-3-4-5-6-7-8-9-10-11-12-13-14-15-16-17-18-38-41(36,37)39-19-22-24(34)25(35)28(40-22)33-21-32-23-26(29)30-20-31-27(23)33/h20-22,24-25,28,34-35H,2-19H2,1H3,(H,36,37)(H2,29,30,31)/t22-,24-,25+,28-/m1/s1. The number of anilines is 1. The van der Waals surface area contributed by atoms with E-state index < -0.39 is 39.0 Å². The highest BCUT2D eigenvalue weighted by atomic mass is 31.2. The maximum Gasteiger partial charge on any atom is 0.472 e. The zero-order valence-corrected chi connectivity index (χ0v) is 25.4. The fourth-order valence-electron chi connectivity index (χ4n) is 5.19. The molecule has 12 nitrogen and oxygen atoms in total. The summed E-state index contributed by atoms with van der Waals surface area (Å²) in [6.45, 7) is 1.92. The van der Waals surface area contributed by atoms with Crippen LogP contribution in [-0.2, 0) is 18.3 Å². The monoisotopic (exact) mass is 599 g/mol. The number of aliphatic hydroxyl groups excluding tert-OH is 2. The molecular weight excluding hydrogens is 549 g/mol. The van der Waals surface area contributed by atoms with Crippen molar-refractivity contribution in [1.29, 1.82) is 0 Å². The van der Waals surface area contributed by atoms with Crippen LogP contribution in [-0.4, -0.2) is 66.2 Å². The normalized spacial score (nSPS) is 22.4. The summed E-state index contributed by atoms with van der Waals surface area (Å²) in [5.74, 6) is 0.171. The van der Waals surface area contributed by atoms with E-state index in [4.69, 9.17) is 19.5 Å². The first-order valence-electron chi connectivity index (χ1n) is 15.4. The lowest BCUT2D eigenvalue weighted by atomic mass is 10.0. The molecule has 1 unspecified atom stereocenters. The number of hydrogen-bond acceptors (Lipinski definition) is 10. The number of aliphatic hydroxyl groups is 2. The Balaban J connectivity index is 1.21. The fraction of sp³-hybridized carbons (Fsp3) is 0.821. The van der Waals surface area contributed by atoms with Crippen molar-refractivity contribution in [1.82, 2.24) is 19.5 Å². The number of rotatable bonds is 22. The van der Waals surface area contributed by atoms with Gasteiger partial charge >= 0.3 is 7.82 Å². The van der Waals surface area contributed by atoms with Gasteiger partial charge in [0.2, 0.25) is 0 Å². The van der Waals surface area contributed by atoms with E-state index in [1.165, 1.54) is 94.3 Å². The van der Waals surface area contributed by atoms with E-state index in [0.29, 0.717) is 17.6 Å². The minimum Gasteiger partial charge on any atom is -0.387 e. The zero-order valence-electron chi connectivity index (χ0n) is 24.5. The summed E-state index contributed by atoms with van der Waals surface area (Å²) >= 11 is 0. The summed E-state index contributed by atoms with van der Waals surface area (Å²) in [6.07, 6.45) is 17.7. The molecule has 0 spiro atoms. The topological polar surface area (TPSA) is 175 Å². The van der Waals surface area contributed by atoms with Crippen LogP contribution in [0.25, 0.3) is 11.2 Å². The number of unbranched alkanes of at least 4 members (excludes halogenated alkanes) is 15. The fourth-order valence-corrected chi connectivity index (χ4v) is 5.96. The third-order valence-electron chi connectivity index (χ3n) is 7.65. The van der Waals surface area contributed by atoms with Gasteiger partial charge in [-0.15, -0.1) is 0 Å². The van der Waals surface area contributed by atoms with Crippen LogP contribution < -0.4 is 5.73 Å². The molecule has 41 heavy (non-hydrogen) atoms. The van der Waals surface area contributed by atoms with Gasteiger partial charge in [0.25, 0.3) is 0 Å². The lowest BCUT2D eigenvalue weighted by molar-refractivity contribution is -0.0514. The van der Waals surface area contributed by atoms with Crippen LogP contribution in [0.15, 0.2) is 12.7 Å². The molecule has 1 saturated heterocycles. The first-order valence-corrected chi connectivity index (χ1v) is 16.9. The predicted octanol–water partition coefficient (Wildman–Crippen LogP) is 5.42. The molecular formula is C28H50N5O7P. The maximum atomic E-state index is 12.3. The third-order valence-corrected chi connectivity index (χ3v) is 8.64. The van der Waals surface area contributed by atoms with Gasteiger partial charge in [-0.1, -0.05) is 103 Å². The number of imidazole rings is 1. The Morgan fingerprint density at radius 3 is 2.00 bits per heavy atom. The summed E-state index contributed by atoms with van der Waals surface area (Å²) in [5.41, 5.74) is 6.46. The van der Waals surface area contributed by atoms with E-state index in [9.17, 15) is 19.7 Å². The van der Waals surface area contributed by atoms with E-state index in [2.05, 4.69) is 21.9 Å². The van der Waals surface area contributed by atoms with E-state index in [-0.39, 0.29) is 12.4 Å². The minimum atomic E-state index is -4.34. The number of phosphoric acid groups is 1. The molecule has 1 aliphatic rings. The number of phosphoric ester groups is 1. The van der Waals surface area contributed by atoms with Crippen molar-refractivity contribution in [3.63, 3.8) is 0 Å². The van der Waals surface area contributed by atoms with E-state index in [1.807, 2.05) is 0 Å². The Hall–Kier alpha value is -1.66. The Labute approximate surface area is 243 Å². The highest BCUT2D eigenvalue weighted by Gasteiger charge is 2.45. The molecule has 2 aromatic rings. The molecule has 3 rings (SSSR count). The molecule has 0 aliphatic carbocycles. The van der Waals surface area contributed by atoms with Gasteiger partial charge in [-0.3, -0.25) is 13.6 Å². The molecule has 0 amide bonds. The summed E-state index contributed by atoms with van der Waals surface area (Å²) < 4.78 is 29.6. The van der Waals surface area contributed by atoms with Crippen molar-refractivity contribution < 1.29 is 33.5 Å². The first kappa shape index (κ1) is 33.8. The van der Waals surface area contributed by atoms with Crippen LogP contribution in [0.3, 0.4) is 0 Å². The Morgan fingerprint density at radius 2 is 1.41 bits per heavy atom. The molecule has 13 heteroatoms. The Kier molecular flexibility index (Phi) is 14.9. The molecule has 1 aliphatic heterocycles. The van der Waals surface area contributed by atoms with Crippen molar-refractivity contribution in [3.05, 3.63) is 12.7 Å². The summed E-state index contributed by atoms with van der Waals surface area (Å²) in [6, 6.07) is 0. The molecule has 1 fully saturated rings. The molecule has 2 aromatic heterocycles. The highest BCUT2D eigenvalue weighted by molar-refractivity contribution is 7.47. The van der Waals surface area contributed by atoms with Gasteiger partial charge < -0.3 is 25.6 Å². The number of ether oxygens (including phenoxy) is 1. The van der Waals surface area contributed by atoms with Crippen molar-refractivity contribution in [2.75, 3.05) is 18.9 Å². The average Bonchev–Trinajstić information content (AvgIpc) is 3.50. The number of aromatic nitrogens is 4. The van der Waals surface area contributed by atoms with Crippen LogP contribution >= 0.6 is 7.82 Å². The van der Waals surface area contributed by atoms with Gasteiger partial charge in [0, 0.05) is 0 Å². The van der Waals surface area contributed by atoms with Gasteiger partial charge in [0.05, 0.1) is 19.5 Å². The highest BCUT2D eigenvalue weighted by Crippen LogP contribution is 2.44. The predicted molar refractivity (Wildman–Crippen MR) is 157 cm³/mol. The van der Waals surface area contributed by atoms with Crippen molar-refractivity contribution in [2.24, 2.45) is 0 Å². The second-order valence-electron chi connectivity index (χ2n) is 11.0. The third kappa shape index (κ3) is 11.2. The van der Waals surface area contributed by atoms with Gasteiger partial charge in [-0.25, -0.2) is 19.5 Å². The lowest BCUT2D eigenvalue weighted by Gasteiger charge is -2.17. The quantitative estimate of drug-likeness (QED) is 0.100. The van der Waals surface area contributed by atoms with Crippen molar-refractivity contribution in [2.45, 2.75) is 134 Å². The van der Waals surface area contributed by atoms with Crippen LogP contribution in [0.5, 0.6) is 0 Å². The SMILES string of the molecule is CCCCCCCCCCCCCCCCCCOP(=O)(O)OC[C@H]1O[C@@H](n2cnc3c(N)ncnc32)[C@@H](O)[C@@H]1O. The number of nitrogens with zero attached hydrogens (tertiary/aromatic N) is 4. The largest absolute Gasteiger partial charge is 0.472 e. The van der Waals surface area contributed by atoms with Crippen LogP contribution in [0.1, 0.15) is 116 Å². The maximum absolute atomic E-state index is 12.3. The van der Waals surface area contributed by atoms with E-state index >= 15 is 0 Å². The molecule has 0 saturated carbocycles. The Morgan fingerprint density at radius 1 is 0.854 bits per heavy atom. The number of nitrogen functional groups attached to an aromatic ring is 1. The minimum absolute atomic E-state index is 0.105. The first-order chi connectivity index (χ1) is 19.8. The molecule has 0 bridgehead atoms. The second kappa shape index (κ2) is 18.1. The average molecular weight is 600 g/mol. The van der Waals surface area contributed by atoms with Crippen molar-refractivity contribution in [3.8, 4) is 0 Å². The molecule has 5 N–H and O–H groups in total. The number of nitrogens with two attached hydrogens (primary N) is 1. The van der Waals surface area contributed by atoms with Crippen LogP contribution in [0.2, 0.25) is 0 Å². The van der Waals surface area contributed by atoms with Crippen LogP contribution in [0.4, 0.5) is 5.82 Å². The summed E-state index contributed by atoms with van der Waals surface area (Å²) in [5, 5.41) is 20.9. The van der Waals surface area contributed by atoms with Crippen molar-refractivity contribution >= 4 is 24.8 Å². The molecule has 5 atom stereocenters. The van der Waals surface area contributed by atoms with E-state index in [0.717, 1.165) is 19.3 Å². The number of hydrogen-bond donors (Lipinski definition) is 4. The molecule has 0 radical (unpaired) electrons. The molecule has 3 heterocycles. The molecule has 0 aromatic carbocycles. The second-order valence-corrected chi connectivity index (χ2v) is 12.5. The molecule has 234 valence electrons. The van der Waals surface area contributed by atoms with Gasteiger partial charge in [-0.05, 0) is 6.42 Å². The smallest absolute Gasteiger partial charge is 0.387 e.